The molecule has 12 heteroatoms. The number of ether oxygens (including phenoxy) is 1. The fraction of sp³-hybridized carbons (Fsp3) is 0.148. The van der Waals surface area contributed by atoms with Gasteiger partial charge in [0.05, 0.1) is 33.4 Å². The van der Waals surface area contributed by atoms with Crippen LogP contribution in [0.2, 0.25) is 5.02 Å². The first-order valence-electron chi connectivity index (χ1n) is 11.7. The molecule has 5 rings (SSSR count). The Balaban J connectivity index is 1.64. The van der Waals surface area contributed by atoms with E-state index in [0.717, 1.165) is 11.3 Å². The number of hydrogen-bond donors (Lipinski definition) is 0. The van der Waals surface area contributed by atoms with E-state index in [1.807, 2.05) is 6.07 Å². The number of para-hydroxylation sites is 1. The summed E-state index contributed by atoms with van der Waals surface area (Å²) in [6.07, 6.45) is 1.52. The van der Waals surface area contributed by atoms with Crippen molar-refractivity contribution in [3.05, 3.63) is 101 Å². The highest BCUT2D eigenvalue weighted by molar-refractivity contribution is 7.07. The summed E-state index contributed by atoms with van der Waals surface area (Å²) in [7, 11) is 0. The standard InChI is InChI=1S/C27H19ClN4O6S/c28-22-14-18(32(35)36)6-8-20(22)23-9-7-19(38-23)15-24-26(34)31(17-4-2-1-3-5-17)27(39-24)21(16-29)25(33)30-10-12-37-13-11-30/h1-9,14-15H,10-13H2. The van der Waals surface area contributed by atoms with Gasteiger partial charge in [-0.1, -0.05) is 29.8 Å². The van der Waals surface area contributed by atoms with Gasteiger partial charge in [-0.2, -0.15) is 5.26 Å². The molecule has 4 aromatic rings. The van der Waals surface area contributed by atoms with Crippen molar-refractivity contribution in [3.8, 4) is 23.1 Å². The number of carbonyl (C=O) groups excluding carboxylic acids is 1. The Hall–Kier alpha value is -4.50. The van der Waals surface area contributed by atoms with Gasteiger partial charge < -0.3 is 14.1 Å². The summed E-state index contributed by atoms with van der Waals surface area (Å²) in [4.78, 5) is 38.9. The summed E-state index contributed by atoms with van der Waals surface area (Å²) in [5, 5.41) is 21.1. The maximum absolute atomic E-state index is 13.6. The molecule has 39 heavy (non-hydrogen) atoms. The molecule has 1 aliphatic rings. The first-order chi connectivity index (χ1) is 18.9. The van der Waals surface area contributed by atoms with Gasteiger partial charge >= 0.3 is 0 Å². The monoisotopic (exact) mass is 562 g/mol. The van der Waals surface area contributed by atoms with Crippen molar-refractivity contribution in [1.82, 2.24) is 9.47 Å². The minimum Gasteiger partial charge on any atom is -0.457 e. The van der Waals surface area contributed by atoms with Gasteiger partial charge in [0.2, 0.25) is 0 Å². The molecule has 1 saturated heterocycles. The third-order valence-electron chi connectivity index (χ3n) is 6.00. The van der Waals surface area contributed by atoms with E-state index in [0.29, 0.717) is 49.1 Å². The summed E-state index contributed by atoms with van der Waals surface area (Å²) in [6, 6.07) is 18.1. The molecule has 1 amide bonds. The molecule has 3 heterocycles. The number of nitro benzene ring substituents is 1. The van der Waals surface area contributed by atoms with Gasteiger partial charge in [0, 0.05) is 36.9 Å². The summed E-state index contributed by atoms with van der Waals surface area (Å²) >= 11 is 7.25. The molecule has 196 valence electrons. The Labute approximate surface area is 230 Å². The zero-order valence-electron chi connectivity index (χ0n) is 20.2. The normalized spacial score (nSPS) is 14.7. The van der Waals surface area contributed by atoms with Gasteiger partial charge in [-0.15, -0.1) is 11.3 Å². The van der Waals surface area contributed by atoms with Gasteiger partial charge in [0.25, 0.3) is 17.2 Å². The SMILES string of the molecule is N#CC(C(=O)N1CCOCC1)=c1sc(=Cc2ccc(-c3ccc([N+](=O)[O-])cc3Cl)o2)c(=O)n1-c1ccccc1. The number of aromatic nitrogens is 1. The number of morpholine rings is 1. The van der Waals surface area contributed by atoms with Crippen LogP contribution in [-0.4, -0.2) is 46.6 Å². The Bertz CT molecular complexity index is 1800. The van der Waals surface area contributed by atoms with E-state index in [2.05, 4.69) is 0 Å². The zero-order valence-corrected chi connectivity index (χ0v) is 21.8. The first-order valence-corrected chi connectivity index (χ1v) is 12.9. The van der Waals surface area contributed by atoms with Gasteiger partial charge in [-0.05, 0) is 30.3 Å². The van der Waals surface area contributed by atoms with E-state index in [1.165, 1.54) is 33.7 Å². The van der Waals surface area contributed by atoms with Crippen LogP contribution in [0.4, 0.5) is 5.69 Å². The lowest BCUT2D eigenvalue weighted by Gasteiger charge is -2.26. The molecule has 0 N–H and O–H groups in total. The molecule has 2 aromatic carbocycles. The molecular formula is C27H19ClN4O6S. The molecule has 1 aliphatic heterocycles. The zero-order chi connectivity index (χ0) is 27.5. The number of benzene rings is 2. The van der Waals surface area contributed by atoms with E-state index in [9.17, 15) is 25.0 Å². The number of non-ortho nitro benzene ring substituents is 1. The number of halogens is 1. The summed E-state index contributed by atoms with van der Waals surface area (Å²) < 4.78 is 13.0. The van der Waals surface area contributed by atoms with Crippen molar-refractivity contribution in [2.24, 2.45) is 0 Å². The van der Waals surface area contributed by atoms with Crippen LogP contribution in [0, 0.1) is 21.4 Å². The van der Waals surface area contributed by atoms with Crippen LogP contribution in [0.15, 0.2) is 69.9 Å². The second-order valence-electron chi connectivity index (χ2n) is 8.41. The Morgan fingerprint density at radius 3 is 2.54 bits per heavy atom. The maximum Gasteiger partial charge on any atom is 0.273 e. The van der Waals surface area contributed by atoms with Crippen LogP contribution < -0.4 is 14.8 Å². The lowest BCUT2D eigenvalue weighted by Crippen LogP contribution is -2.42. The Morgan fingerprint density at radius 1 is 1.13 bits per heavy atom. The van der Waals surface area contributed by atoms with Gasteiger partial charge in [-0.25, -0.2) is 0 Å². The van der Waals surface area contributed by atoms with Crippen LogP contribution in [0.5, 0.6) is 0 Å². The number of carbonyl (C=O) groups is 1. The summed E-state index contributed by atoms with van der Waals surface area (Å²) in [6.45, 7) is 1.45. The Morgan fingerprint density at radius 2 is 1.87 bits per heavy atom. The van der Waals surface area contributed by atoms with Crippen LogP contribution in [0.1, 0.15) is 5.76 Å². The number of nitriles is 1. The van der Waals surface area contributed by atoms with Crippen molar-refractivity contribution < 1.29 is 18.9 Å². The fourth-order valence-corrected chi connectivity index (χ4v) is 5.44. The van der Waals surface area contributed by atoms with Crippen LogP contribution in [-0.2, 0) is 9.53 Å². The number of amides is 1. The quantitative estimate of drug-likeness (QED) is 0.270. The van der Waals surface area contributed by atoms with E-state index in [1.54, 1.807) is 42.5 Å². The number of thiazole rings is 1. The maximum atomic E-state index is 13.6. The number of hydrogen-bond acceptors (Lipinski definition) is 8. The number of nitro groups is 1. The highest BCUT2D eigenvalue weighted by Crippen LogP contribution is 2.32. The molecule has 0 unspecified atom stereocenters. The predicted octanol–water partition coefficient (Wildman–Crippen LogP) is 3.08. The third-order valence-corrected chi connectivity index (χ3v) is 7.41. The van der Waals surface area contributed by atoms with Crippen molar-refractivity contribution in [1.29, 1.82) is 5.26 Å². The second-order valence-corrected chi connectivity index (χ2v) is 9.84. The van der Waals surface area contributed by atoms with Crippen molar-refractivity contribution >= 4 is 46.2 Å². The smallest absolute Gasteiger partial charge is 0.273 e. The fourth-order valence-electron chi connectivity index (χ4n) is 4.09. The van der Waals surface area contributed by atoms with Crippen LogP contribution in [0.3, 0.4) is 0 Å². The van der Waals surface area contributed by atoms with Gasteiger partial charge in [0.15, 0.2) is 5.57 Å². The molecule has 0 bridgehead atoms. The topological polar surface area (TPSA) is 132 Å². The molecule has 0 atom stereocenters. The predicted molar refractivity (Wildman–Crippen MR) is 145 cm³/mol. The molecule has 0 radical (unpaired) electrons. The number of rotatable bonds is 5. The first kappa shape index (κ1) is 26.1. The van der Waals surface area contributed by atoms with E-state index in [4.69, 9.17) is 20.8 Å². The average molecular weight is 563 g/mol. The minimum atomic E-state index is -0.542. The highest BCUT2D eigenvalue weighted by atomic mass is 35.5. The molecule has 0 spiro atoms. The molecule has 2 aromatic heterocycles. The van der Waals surface area contributed by atoms with Crippen molar-refractivity contribution in [2.75, 3.05) is 26.3 Å². The van der Waals surface area contributed by atoms with E-state index in [-0.39, 0.29) is 25.5 Å². The molecule has 0 saturated carbocycles. The van der Waals surface area contributed by atoms with Gasteiger partial charge in [0.1, 0.15) is 22.3 Å². The van der Waals surface area contributed by atoms with E-state index >= 15 is 0 Å². The van der Waals surface area contributed by atoms with Crippen LogP contribution in [0.25, 0.3) is 28.7 Å². The second kappa shape index (κ2) is 11.1. The molecular weight excluding hydrogens is 544 g/mol. The van der Waals surface area contributed by atoms with E-state index < -0.39 is 16.4 Å². The summed E-state index contributed by atoms with van der Waals surface area (Å²) in [5.74, 6) is 0.210. The molecule has 1 fully saturated rings. The summed E-state index contributed by atoms with van der Waals surface area (Å²) in [5.41, 5.74) is 0.251. The largest absolute Gasteiger partial charge is 0.457 e. The molecule has 0 aliphatic carbocycles. The third kappa shape index (κ3) is 5.26. The van der Waals surface area contributed by atoms with Crippen molar-refractivity contribution in [3.63, 3.8) is 0 Å². The Kier molecular flexibility index (Phi) is 7.42. The number of nitrogens with zero attached hydrogens (tertiary/aromatic N) is 4. The highest BCUT2D eigenvalue weighted by Gasteiger charge is 2.24. The number of furan rings is 1. The lowest BCUT2D eigenvalue weighted by atomic mass is 10.1. The lowest BCUT2D eigenvalue weighted by molar-refractivity contribution is -0.384. The van der Waals surface area contributed by atoms with Crippen LogP contribution >= 0.6 is 22.9 Å². The molecule has 10 nitrogen and oxygen atoms in total. The van der Waals surface area contributed by atoms with Crippen molar-refractivity contribution in [2.45, 2.75) is 0 Å². The average Bonchev–Trinajstić information content (AvgIpc) is 3.54. The van der Waals surface area contributed by atoms with Gasteiger partial charge in [-0.3, -0.25) is 24.3 Å². The minimum absolute atomic E-state index is 0.139.